The Balaban J connectivity index is 1.86. The van der Waals surface area contributed by atoms with Crippen LogP contribution < -0.4 is 16.1 Å². The van der Waals surface area contributed by atoms with Crippen molar-refractivity contribution in [2.75, 3.05) is 10.6 Å². The lowest BCUT2D eigenvalue weighted by molar-refractivity contribution is 0.262. The number of amides is 2. The molecular formula is C16H10ClF2N3O2. The molecule has 0 unspecified atom stereocenters. The zero-order chi connectivity index (χ0) is 17.3. The molecule has 0 aliphatic rings. The highest BCUT2D eigenvalue weighted by Gasteiger charge is 2.12. The predicted octanol–water partition coefficient (Wildman–Crippen LogP) is 4.10. The van der Waals surface area contributed by atoms with E-state index in [2.05, 4.69) is 15.6 Å². The van der Waals surface area contributed by atoms with E-state index in [1.54, 1.807) is 18.2 Å². The van der Waals surface area contributed by atoms with Crippen molar-refractivity contribution in [2.24, 2.45) is 0 Å². The predicted molar refractivity (Wildman–Crippen MR) is 88.6 cm³/mol. The second-order valence-electron chi connectivity index (χ2n) is 4.90. The number of nitrogens with one attached hydrogen (secondary N) is 3. The topological polar surface area (TPSA) is 74.0 Å². The first kappa shape index (κ1) is 15.9. The first-order chi connectivity index (χ1) is 11.5. The van der Waals surface area contributed by atoms with E-state index in [9.17, 15) is 18.4 Å². The quantitative estimate of drug-likeness (QED) is 0.651. The maximum atomic E-state index is 13.5. The standard InChI is InChI=1S/C16H10ClF2N3O2/c17-10-3-1-2-9-14(10)20-7-13(15(9)23)22-16(24)21-12-5-4-8(18)6-11(12)19/h1-7H,(H,20,23)(H2,21,22,24). The monoisotopic (exact) mass is 349 g/mol. The van der Waals surface area contributed by atoms with Crippen LogP contribution in [0.25, 0.3) is 10.9 Å². The number of fused-ring (bicyclic) bond motifs is 1. The molecule has 0 bridgehead atoms. The van der Waals surface area contributed by atoms with Crippen molar-refractivity contribution in [1.29, 1.82) is 0 Å². The Morgan fingerprint density at radius 1 is 1.08 bits per heavy atom. The van der Waals surface area contributed by atoms with Crippen LogP contribution in [0.4, 0.5) is 25.0 Å². The second-order valence-corrected chi connectivity index (χ2v) is 5.30. The van der Waals surface area contributed by atoms with Gasteiger partial charge in [-0.2, -0.15) is 0 Å². The molecular weight excluding hydrogens is 340 g/mol. The molecule has 2 aromatic carbocycles. The van der Waals surface area contributed by atoms with Crippen LogP contribution in [0.15, 0.2) is 47.4 Å². The fraction of sp³-hybridized carbons (Fsp3) is 0. The van der Waals surface area contributed by atoms with E-state index in [1.807, 2.05) is 0 Å². The molecule has 1 aromatic heterocycles. The fourth-order valence-electron chi connectivity index (χ4n) is 2.17. The third kappa shape index (κ3) is 3.07. The minimum Gasteiger partial charge on any atom is -0.358 e. The highest BCUT2D eigenvalue weighted by molar-refractivity contribution is 6.35. The molecule has 3 N–H and O–H groups in total. The van der Waals surface area contributed by atoms with Crippen LogP contribution in [-0.4, -0.2) is 11.0 Å². The normalized spacial score (nSPS) is 10.6. The molecule has 0 aliphatic heterocycles. The molecule has 1 heterocycles. The zero-order valence-corrected chi connectivity index (χ0v) is 12.7. The number of para-hydroxylation sites is 1. The Labute approximate surface area is 139 Å². The number of anilines is 2. The Morgan fingerprint density at radius 2 is 1.83 bits per heavy atom. The van der Waals surface area contributed by atoms with Gasteiger partial charge in [0.2, 0.25) is 5.43 Å². The van der Waals surface area contributed by atoms with Crippen molar-refractivity contribution in [3.8, 4) is 0 Å². The number of H-pyrrole nitrogens is 1. The summed E-state index contributed by atoms with van der Waals surface area (Å²) in [6, 6.07) is 6.67. The first-order valence-electron chi connectivity index (χ1n) is 6.78. The van der Waals surface area contributed by atoms with Crippen LogP contribution >= 0.6 is 11.6 Å². The molecule has 122 valence electrons. The van der Waals surface area contributed by atoms with Gasteiger partial charge >= 0.3 is 6.03 Å². The van der Waals surface area contributed by atoms with E-state index in [0.29, 0.717) is 22.0 Å². The number of benzene rings is 2. The molecule has 2 amide bonds. The van der Waals surface area contributed by atoms with Gasteiger partial charge in [-0.25, -0.2) is 13.6 Å². The molecule has 3 aromatic rings. The van der Waals surface area contributed by atoms with Crippen molar-refractivity contribution >= 4 is 39.9 Å². The van der Waals surface area contributed by atoms with Crippen LogP contribution in [0, 0.1) is 11.6 Å². The average Bonchev–Trinajstić information content (AvgIpc) is 2.53. The van der Waals surface area contributed by atoms with Crippen molar-refractivity contribution in [3.05, 3.63) is 69.5 Å². The van der Waals surface area contributed by atoms with Gasteiger partial charge < -0.3 is 15.6 Å². The van der Waals surface area contributed by atoms with E-state index in [0.717, 1.165) is 12.1 Å². The Kier molecular flexibility index (Phi) is 4.18. The van der Waals surface area contributed by atoms with Crippen LogP contribution in [0.1, 0.15) is 0 Å². The lowest BCUT2D eigenvalue weighted by atomic mass is 10.2. The van der Waals surface area contributed by atoms with Crippen LogP contribution in [0.5, 0.6) is 0 Å². The van der Waals surface area contributed by atoms with E-state index in [-0.39, 0.29) is 11.4 Å². The summed E-state index contributed by atoms with van der Waals surface area (Å²) in [7, 11) is 0. The number of aromatic amines is 1. The van der Waals surface area contributed by atoms with E-state index in [4.69, 9.17) is 11.6 Å². The van der Waals surface area contributed by atoms with Gasteiger partial charge in [0, 0.05) is 17.6 Å². The average molecular weight is 350 g/mol. The van der Waals surface area contributed by atoms with E-state index in [1.165, 1.54) is 6.20 Å². The minimum atomic E-state index is -0.927. The van der Waals surface area contributed by atoms with Gasteiger partial charge in [0.05, 0.1) is 16.2 Å². The first-order valence-corrected chi connectivity index (χ1v) is 7.16. The summed E-state index contributed by atoms with van der Waals surface area (Å²) in [5.41, 5.74) is -0.250. The summed E-state index contributed by atoms with van der Waals surface area (Å²) in [4.78, 5) is 27.1. The van der Waals surface area contributed by atoms with Gasteiger partial charge in [-0.15, -0.1) is 0 Å². The van der Waals surface area contributed by atoms with Crippen molar-refractivity contribution in [2.45, 2.75) is 0 Å². The Hall–Kier alpha value is -2.93. The highest BCUT2D eigenvalue weighted by atomic mass is 35.5. The van der Waals surface area contributed by atoms with Crippen molar-refractivity contribution in [1.82, 2.24) is 4.98 Å². The maximum absolute atomic E-state index is 13.5. The largest absolute Gasteiger partial charge is 0.358 e. The molecule has 0 aliphatic carbocycles. The second kappa shape index (κ2) is 6.29. The summed E-state index contributed by atoms with van der Waals surface area (Å²) in [6.07, 6.45) is 1.29. The summed E-state index contributed by atoms with van der Waals surface area (Å²) in [6.45, 7) is 0. The van der Waals surface area contributed by atoms with Crippen molar-refractivity contribution < 1.29 is 13.6 Å². The molecule has 0 radical (unpaired) electrons. The molecule has 0 saturated heterocycles. The number of urea groups is 1. The van der Waals surface area contributed by atoms with Crippen LogP contribution in [0.3, 0.4) is 0 Å². The number of halogens is 3. The number of hydrogen-bond acceptors (Lipinski definition) is 2. The summed E-state index contributed by atoms with van der Waals surface area (Å²) in [5, 5.41) is 5.19. The third-order valence-corrected chi connectivity index (χ3v) is 3.61. The maximum Gasteiger partial charge on any atom is 0.323 e. The lowest BCUT2D eigenvalue weighted by Crippen LogP contribution is -2.24. The molecule has 0 atom stereocenters. The number of aromatic nitrogens is 1. The van der Waals surface area contributed by atoms with Gasteiger partial charge in [0.25, 0.3) is 0 Å². The van der Waals surface area contributed by atoms with Crippen LogP contribution in [-0.2, 0) is 0 Å². The van der Waals surface area contributed by atoms with E-state index < -0.39 is 23.1 Å². The summed E-state index contributed by atoms with van der Waals surface area (Å²) in [5.74, 6) is -1.69. The number of carbonyl (C=O) groups is 1. The molecule has 0 spiro atoms. The number of pyridine rings is 1. The fourth-order valence-corrected chi connectivity index (χ4v) is 2.40. The summed E-state index contributed by atoms with van der Waals surface area (Å²) < 4.78 is 26.4. The van der Waals surface area contributed by atoms with Gasteiger partial charge in [0.15, 0.2) is 0 Å². The Bertz CT molecular complexity index is 1000. The lowest BCUT2D eigenvalue weighted by Gasteiger charge is -2.09. The molecule has 5 nitrogen and oxygen atoms in total. The number of carbonyl (C=O) groups excluding carboxylic acids is 1. The molecule has 24 heavy (non-hydrogen) atoms. The SMILES string of the molecule is O=C(Nc1ccc(F)cc1F)Nc1c[nH]c2c(Cl)cccc2c1=O. The van der Waals surface area contributed by atoms with Gasteiger partial charge in [0.1, 0.15) is 17.3 Å². The molecule has 8 heteroatoms. The number of rotatable bonds is 2. The van der Waals surface area contributed by atoms with Gasteiger partial charge in [-0.1, -0.05) is 17.7 Å². The Morgan fingerprint density at radius 3 is 2.58 bits per heavy atom. The minimum absolute atomic E-state index is 0.0372. The summed E-state index contributed by atoms with van der Waals surface area (Å²) >= 11 is 5.98. The highest BCUT2D eigenvalue weighted by Crippen LogP contribution is 2.20. The van der Waals surface area contributed by atoms with Gasteiger partial charge in [-0.05, 0) is 24.3 Å². The third-order valence-electron chi connectivity index (χ3n) is 3.29. The van der Waals surface area contributed by atoms with Crippen molar-refractivity contribution in [3.63, 3.8) is 0 Å². The smallest absolute Gasteiger partial charge is 0.323 e. The van der Waals surface area contributed by atoms with Crippen LogP contribution in [0.2, 0.25) is 5.02 Å². The molecule has 0 saturated carbocycles. The van der Waals surface area contributed by atoms with E-state index >= 15 is 0 Å². The molecule has 0 fully saturated rings. The molecule has 3 rings (SSSR count). The number of hydrogen-bond donors (Lipinski definition) is 3. The van der Waals surface area contributed by atoms with Gasteiger partial charge in [-0.3, -0.25) is 4.79 Å². The zero-order valence-electron chi connectivity index (χ0n) is 12.0.